The number of thioether (sulfide) groups is 1. The summed E-state index contributed by atoms with van der Waals surface area (Å²) in [6.45, 7) is 0. The summed E-state index contributed by atoms with van der Waals surface area (Å²) < 4.78 is 13.3. The molecule has 0 radical (unpaired) electrons. The summed E-state index contributed by atoms with van der Waals surface area (Å²) in [5, 5.41) is 10.4. The molecule has 0 fully saturated rings. The lowest BCUT2D eigenvalue weighted by molar-refractivity contribution is -0.115. The van der Waals surface area contributed by atoms with Crippen LogP contribution in [0, 0.1) is 5.82 Å². The number of primary amides is 1. The van der Waals surface area contributed by atoms with E-state index in [0.29, 0.717) is 15.0 Å². The van der Waals surface area contributed by atoms with E-state index in [9.17, 15) is 14.0 Å². The second-order valence-electron chi connectivity index (χ2n) is 3.59. The van der Waals surface area contributed by atoms with Crippen molar-refractivity contribution >= 4 is 40.0 Å². The molecule has 0 saturated heterocycles. The maximum atomic E-state index is 12.7. The molecule has 1 aromatic carbocycles. The molecule has 0 aliphatic rings. The topological polar surface area (TPSA) is 98.0 Å². The molecule has 0 bridgehead atoms. The summed E-state index contributed by atoms with van der Waals surface area (Å²) in [5.41, 5.74) is 5.33. The van der Waals surface area contributed by atoms with Crippen LogP contribution in [0.25, 0.3) is 0 Å². The van der Waals surface area contributed by atoms with Crippen LogP contribution in [-0.2, 0) is 4.79 Å². The van der Waals surface area contributed by atoms with Crippen LogP contribution < -0.4 is 11.1 Å². The van der Waals surface area contributed by atoms with Gasteiger partial charge in [-0.3, -0.25) is 14.9 Å². The third-order valence-corrected chi connectivity index (χ3v) is 4.07. The Morgan fingerprint density at radius 1 is 1.30 bits per heavy atom. The number of halogens is 1. The molecule has 104 valence electrons. The minimum atomic E-state index is -0.456. The first-order valence-corrected chi connectivity index (χ1v) is 7.16. The van der Waals surface area contributed by atoms with Crippen LogP contribution in [0.1, 0.15) is 10.4 Å². The van der Waals surface area contributed by atoms with E-state index in [0.717, 1.165) is 23.1 Å². The molecule has 0 aliphatic heterocycles. The van der Waals surface area contributed by atoms with Crippen LogP contribution >= 0.6 is 23.1 Å². The minimum Gasteiger partial charge on any atom is -0.369 e. The molecule has 1 heterocycles. The van der Waals surface area contributed by atoms with Crippen molar-refractivity contribution in [2.75, 3.05) is 11.1 Å². The van der Waals surface area contributed by atoms with E-state index >= 15 is 0 Å². The fourth-order valence-corrected chi connectivity index (χ4v) is 2.71. The van der Waals surface area contributed by atoms with Crippen LogP contribution in [-0.4, -0.2) is 27.8 Å². The Morgan fingerprint density at radius 3 is 2.65 bits per heavy atom. The molecule has 2 rings (SSSR count). The maximum absolute atomic E-state index is 12.7. The summed E-state index contributed by atoms with van der Waals surface area (Å²) in [5.74, 6) is -1.18. The SMILES string of the molecule is NC(=O)CSc1nnc(NC(=O)c2ccc(F)cc2)s1. The number of benzene rings is 1. The number of carbonyl (C=O) groups excluding carboxylic acids is 2. The molecule has 6 nitrogen and oxygen atoms in total. The average molecular weight is 312 g/mol. The fraction of sp³-hybridized carbons (Fsp3) is 0.0909. The normalized spacial score (nSPS) is 10.2. The van der Waals surface area contributed by atoms with E-state index in [1.165, 1.54) is 24.3 Å². The first-order chi connectivity index (χ1) is 9.54. The van der Waals surface area contributed by atoms with Gasteiger partial charge in [-0.2, -0.15) is 0 Å². The summed E-state index contributed by atoms with van der Waals surface area (Å²) in [4.78, 5) is 22.5. The molecule has 2 aromatic rings. The Labute approximate surface area is 121 Å². The number of nitrogens with two attached hydrogens (primary N) is 1. The van der Waals surface area contributed by atoms with Crippen molar-refractivity contribution < 1.29 is 14.0 Å². The number of aromatic nitrogens is 2. The third kappa shape index (κ3) is 4.00. The Balaban J connectivity index is 1.97. The highest BCUT2D eigenvalue weighted by atomic mass is 32.2. The van der Waals surface area contributed by atoms with Gasteiger partial charge in [0.05, 0.1) is 5.75 Å². The second kappa shape index (κ2) is 6.44. The number of amides is 2. The predicted molar refractivity (Wildman–Crippen MR) is 74.2 cm³/mol. The highest BCUT2D eigenvalue weighted by molar-refractivity contribution is 8.01. The number of nitrogens with zero attached hydrogens (tertiary/aromatic N) is 2. The zero-order valence-corrected chi connectivity index (χ0v) is 11.6. The fourth-order valence-electron chi connectivity index (χ4n) is 1.22. The number of nitrogens with one attached hydrogen (secondary N) is 1. The van der Waals surface area contributed by atoms with Gasteiger partial charge in [-0.25, -0.2) is 4.39 Å². The highest BCUT2D eigenvalue weighted by Gasteiger charge is 2.11. The molecule has 1 aromatic heterocycles. The lowest BCUT2D eigenvalue weighted by Crippen LogP contribution is -2.12. The molecule has 3 N–H and O–H groups in total. The zero-order valence-electron chi connectivity index (χ0n) is 10.00. The minimum absolute atomic E-state index is 0.0978. The smallest absolute Gasteiger partial charge is 0.257 e. The molecule has 0 aliphatic carbocycles. The summed E-state index contributed by atoms with van der Waals surface area (Å²) in [6, 6.07) is 5.13. The van der Waals surface area contributed by atoms with Crippen LogP contribution in [0.2, 0.25) is 0 Å². The van der Waals surface area contributed by atoms with E-state index in [4.69, 9.17) is 5.73 Å². The van der Waals surface area contributed by atoms with E-state index in [2.05, 4.69) is 15.5 Å². The van der Waals surface area contributed by atoms with E-state index in [1.54, 1.807) is 0 Å². The maximum Gasteiger partial charge on any atom is 0.257 e. The molecule has 0 atom stereocenters. The Bertz CT molecular complexity index is 630. The van der Waals surface area contributed by atoms with Gasteiger partial charge < -0.3 is 5.73 Å². The first-order valence-electron chi connectivity index (χ1n) is 5.36. The van der Waals surface area contributed by atoms with Crippen molar-refractivity contribution in [3.05, 3.63) is 35.6 Å². The van der Waals surface area contributed by atoms with Crippen LogP contribution in [0.4, 0.5) is 9.52 Å². The van der Waals surface area contributed by atoms with Gasteiger partial charge in [-0.05, 0) is 24.3 Å². The zero-order chi connectivity index (χ0) is 14.5. The number of hydrogen-bond acceptors (Lipinski definition) is 6. The first kappa shape index (κ1) is 14.4. The van der Waals surface area contributed by atoms with E-state index in [1.807, 2.05) is 0 Å². The Kier molecular flexibility index (Phi) is 4.64. The van der Waals surface area contributed by atoms with Gasteiger partial charge in [-0.1, -0.05) is 23.1 Å². The summed E-state index contributed by atoms with van der Waals surface area (Å²) in [6.07, 6.45) is 0. The van der Waals surface area contributed by atoms with E-state index < -0.39 is 17.6 Å². The van der Waals surface area contributed by atoms with Crippen LogP contribution in [0.5, 0.6) is 0 Å². The Morgan fingerprint density at radius 2 is 2.00 bits per heavy atom. The lowest BCUT2D eigenvalue weighted by atomic mass is 10.2. The Hall–Kier alpha value is -2.00. The average Bonchev–Trinajstić information content (AvgIpc) is 2.84. The van der Waals surface area contributed by atoms with Gasteiger partial charge in [-0.15, -0.1) is 10.2 Å². The van der Waals surface area contributed by atoms with Crippen molar-refractivity contribution in [2.24, 2.45) is 5.73 Å². The monoisotopic (exact) mass is 312 g/mol. The van der Waals surface area contributed by atoms with Gasteiger partial charge >= 0.3 is 0 Å². The number of rotatable bonds is 5. The molecular weight excluding hydrogens is 303 g/mol. The number of anilines is 1. The standard InChI is InChI=1S/C11H9FN4O2S2/c12-7-3-1-6(2-4-7)9(18)14-10-15-16-11(20-10)19-5-8(13)17/h1-4H,5H2,(H2,13,17)(H,14,15,18). The van der Waals surface area contributed by atoms with Gasteiger partial charge in [0, 0.05) is 5.56 Å². The molecule has 20 heavy (non-hydrogen) atoms. The molecule has 0 unspecified atom stereocenters. The van der Waals surface area contributed by atoms with Crippen molar-refractivity contribution in [2.45, 2.75) is 4.34 Å². The molecule has 0 spiro atoms. The van der Waals surface area contributed by atoms with Gasteiger partial charge in [0.2, 0.25) is 11.0 Å². The third-order valence-electron chi connectivity index (χ3n) is 2.07. The largest absolute Gasteiger partial charge is 0.369 e. The van der Waals surface area contributed by atoms with Crippen molar-refractivity contribution in [3.63, 3.8) is 0 Å². The number of hydrogen-bond donors (Lipinski definition) is 2. The van der Waals surface area contributed by atoms with Crippen LogP contribution in [0.15, 0.2) is 28.6 Å². The number of carbonyl (C=O) groups is 2. The van der Waals surface area contributed by atoms with Gasteiger partial charge in [0.15, 0.2) is 4.34 Å². The van der Waals surface area contributed by atoms with Crippen LogP contribution in [0.3, 0.4) is 0 Å². The van der Waals surface area contributed by atoms with E-state index in [-0.39, 0.29) is 5.75 Å². The lowest BCUT2D eigenvalue weighted by Gasteiger charge is -2.00. The van der Waals surface area contributed by atoms with Gasteiger partial charge in [0.25, 0.3) is 5.91 Å². The highest BCUT2D eigenvalue weighted by Crippen LogP contribution is 2.25. The summed E-state index contributed by atoms with van der Waals surface area (Å²) in [7, 11) is 0. The molecule has 2 amide bonds. The molecular formula is C11H9FN4O2S2. The van der Waals surface area contributed by atoms with Gasteiger partial charge in [0.1, 0.15) is 5.82 Å². The van der Waals surface area contributed by atoms with Crippen molar-refractivity contribution in [1.82, 2.24) is 10.2 Å². The van der Waals surface area contributed by atoms with Crippen molar-refractivity contribution in [3.8, 4) is 0 Å². The summed E-state index contributed by atoms with van der Waals surface area (Å²) >= 11 is 2.27. The molecule has 0 saturated carbocycles. The second-order valence-corrected chi connectivity index (χ2v) is 5.79. The van der Waals surface area contributed by atoms with Crippen molar-refractivity contribution in [1.29, 1.82) is 0 Å². The quantitative estimate of drug-likeness (QED) is 0.644. The predicted octanol–water partition coefficient (Wildman–Crippen LogP) is 1.51. The molecule has 9 heteroatoms.